The molecule has 0 aliphatic carbocycles. The average Bonchev–Trinajstić information content (AvgIpc) is 2.54. The molecule has 1 aliphatic heterocycles. The zero-order chi connectivity index (χ0) is 16.5. The van der Waals surface area contributed by atoms with Crippen molar-refractivity contribution in [2.45, 2.75) is 26.5 Å². The second kappa shape index (κ2) is 9.57. The summed E-state index contributed by atoms with van der Waals surface area (Å²) in [7, 11) is 0. The Morgan fingerprint density at radius 1 is 1.43 bits per heavy atom. The molecule has 0 spiro atoms. The number of terminal acetylenes is 1. The molecule has 0 bridgehead atoms. The smallest absolute Gasteiger partial charge is 0.148 e. The van der Waals surface area contributed by atoms with Crippen LogP contribution in [0.4, 0.5) is 0 Å². The van der Waals surface area contributed by atoms with E-state index in [1.807, 2.05) is 18.2 Å². The van der Waals surface area contributed by atoms with Gasteiger partial charge in [-0.05, 0) is 12.0 Å². The van der Waals surface area contributed by atoms with Gasteiger partial charge in [-0.15, -0.1) is 6.42 Å². The lowest BCUT2D eigenvalue weighted by Crippen LogP contribution is -2.47. The third-order valence-electron chi connectivity index (χ3n) is 3.82. The lowest BCUT2D eigenvalue weighted by atomic mass is 10.1. The molecule has 1 aromatic rings. The van der Waals surface area contributed by atoms with E-state index in [1.54, 1.807) is 0 Å². The van der Waals surface area contributed by atoms with Gasteiger partial charge < -0.3 is 14.8 Å². The summed E-state index contributed by atoms with van der Waals surface area (Å²) >= 11 is 0. The highest BCUT2D eigenvalue weighted by molar-refractivity contribution is 5.33. The molecule has 1 N–H and O–H groups in total. The summed E-state index contributed by atoms with van der Waals surface area (Å²) in [6, 6.07) is 7.99. The van der Waals surface area contributed by atoms with Crippen LogP contribution in [-0.4, -0.2) is 50.4 Å². The van der Waals surface area contributed by atoms with Gasteiger partial charge in [-0.1, -0.05) is 38.0 Å². The van der Waals surface area contributed by atoms with E-state index < -0.39 is 0 Å². The van der Waals surface area contributed by atoms with Crippen LogP contribution < -0.4 is 10.1 Å². The van der Waals surface area contributed by atoms with Crippen LogP contribution in [0.5, 0.6) is 5.75 Å². The van der Waals surface area contributed by atoms with E-state index in [1.165, 1.54) is 0 Å². The number of hydrogen-bond donors (Lipinski definition) is 1. The first-order chi connectivity index (χ1) is 11.2. The lowest BCUT2D eigenvalue weighted by Gasteiger charge is -2.34. The van der Waals surface area contributed by atoms with Gasteiger partial charge in [-0.2, -0.15) is 0 Å². The number of morpholine rings is 1. The Kier molecular flexibility index (Phi) is 7.41. The second-order valence-electron chi connectivity index (χ2n) is 6.38. The van der Waals surface area contributed by atoms with Gasteiger partial charge in [-0.3, -0.25) is 4.90 Å². The molecule has 1 aliphatic rings. The highest BCUT2D eigenvalue weighted by Gasteiger charge is 2.20. The van der Waals surface area contributed by atoms with Gasteiger partial charge in [0, 0.05) is 38.3 Å². The maximum atomic E-state index is 5.86. The summed E-state index contributed by atoms with van der Waals surface area (Å²) in [5.41, 5.74) is 1.12. The summed E-state index contributed by atoms with van der Waals surface area (Å²) in [6.07, 6.45) is 5.51. The normalized spacial score (nSPS) is 18.8. The maximum Gasteiger partial charge on any atom is 0.148 e. The van der Waals surface area contributed by atoms with Crippen LogP contribution in [-0.2, 0) is 11.3 Å². The van der Waals surface area contributed by atoms with E-state index in [9.17, 15) is 0 Å². The van der Waals surface area contributed by atoms with Crippen molar-refractivity contribution in [2.24, 2.45) is 5.92 Å². The summed E-state index contributed by atoms with van der Waals surface area (Å²) in [4.78, 5) is 2.49. The van der Waals surface area contributed by atoms with Crippen molar-refractivity contribution in [2.75, 3.05) is 39.4 Å². The first-order valence-corrected chi connectivity index (χ1v) is 8.38. The summed E-state index contributed by atoms with van der Waals surface area (Å²) in [5, 5.41) is 3.48. The van der Waals surface area contributed by atoms with Gasteiger partial charge in [0.1, 0.15) is 12.4 Å². The molecule has 126 valence electrons. The number of benzene rings is 1. The number of hydrogen-bond acceptors (Lipinski definition) is 4. The minimum Gasteiger partial charge on any atom is -0.481 e. The first kappa shape index (κ1) is 17.8. The van der Waals surface area contributed by atoms with Crippen molar-refractivity contribution in [3.05, 3.63) is 29.8 Å². The molecule has 0 saturated carbocycles. The molecule has 1 unspecified atom stereocenters. The molecule has 1 heterocycles. The minimum absolute atomic E-state index is 0.251. The zero-order valence-corrected chi connectivity index (χ0v) is 14.3. The Balaban J connectivity index is 1.77. The third-order valence-corrected chi connectivity index (χ3v) is 3.82. The van der Waals surface area contributed by atoms with Crippen molar-refractivity contribution in [1.82, 2.24) is 10.2 Å². The van der Waals surface area contributed by atoms with E-state index in [4.69, 9.17) is 15.9 Å². The zero-order valence-electron chi connectivity index (χ0n) is 14.3. The fourth-order valence-electron chi connectivity index (χ4n) is 2.86. The molecule has 0 radical (unpaired) electrons. The van der Waals surface area contributed by atoms with E-state index >= 15 is 0 Å². The van der Waals surface area contributed by atoms with Crippen molar-refractivity contribution in [3.63, 3.8) is 0 Å². The quantitative estimate of drug-likeness (QED) is 0.745. The molecule has 4 nitrogen and oxygen atoms in total. The first-order valence-electron chi connectivity index (χ1n) is 8.38. The van der Waals surface area contributed by atoms with Crippen LogP contribution in [0.2, 0.25) is 0 Å². The van der Waals surface area contributed by atoms with E-state index in [2.05, 4.69) is 36.1 Å². The van der Waals surface area contributed by atoms with Crippen LogP contribution in [0.1, 0.15) is 19.4 Å². The van der Waals surface area contributed by atoms with Crippen molar-refractivity contribution < 1.29 is 9.47 Å². The molecular weight excluding hydrogens is 288 g/mol. The number of nitrogens with one attached hydrogen (secondary N) is 1. The second-order valence-corrected chi connectivity index (χ2v) is 6.38. The monoisotopic (exact) mass is 316 g/mol. The van der Waals surface area contributed by atoms with Crippen molar-refractivity contribution >= 4 is 0 Å². The maximum absolute atomic E-state index is 5.86. The fourth-order valence-corrected chi connectivity index (χ4v) is 2.86. The van der Waals surface area contributed by atoms with E-state index in [-0.39, 0.29) is 6.10 Å². The third kappa shape index (κ3) is 6.23. The molecule has 2 rings (SSSR count). The van der Waals surface area contributed by atoms with Crippen LogP contribution in [0.3, 0.4) is 0 Å². The molecule has 4 heteroatoms. The van der Waals surface area contributed by atoms with Crippen molar-refractivity contribution in [1.29, 1.82) is 0 Å². The topological polar surface area (TPSA) is 33.7 Å². The molecule has 0 amide bonds. The van der Waals surface area contributed by atoms with E-state index in [0.717, 1.165) is 50.6 Å². The predicted octanol–water partition coefficient (Wildman–Crippen LogP) is 2.15. The molecule has 1 atom stereocenters. The standard InChI is InChI=1S/C19H28N2O2/c1-4-10-23-19-8-6-5-7-17(19)12-20-13-18-15-21(9-11-22-18)14-16(2)3/h1,5-8,16,18,20H,9-15H2,2-3H3. The van der Waals surface area contributed by atoms with Crippen LogP contribution in [0.15, 0.2) is 24.3 Å². The van der Waals surface area contributed by atoms with Gasteiger partial charge in [0.15, 0.2) is 0 Å². The van der Waals surface area contributed by atoms with Crippen molar-refractivity contribution in [3.8, 4) is 18.1 Å². The van der Waals surface area contributed by atoms with Gasteiger partial charge >= 0.3 is 0 Å². The lowest BCUT2D eigenvalue weighted by molar-refractivity contribution is -0.0303. The molecule has 1 saturated heterocycles. The average molecular weight is 316 g/mol. The van der Waals surface area contributed by atoms with Gasteiger partial charge in [-0.25, -0.2) is 0 Å². The molecule has 0 aromatic heterocycles. The summed E-state index contributed by atoms with van der Waals surface area (Å²) in [6.45, 7) is 10.4. The molecule has 1 fully saturated rings. The van der Waals surface area contributed by atoms with Crippen LogP contribution >= 0.6 is 0 Å². The Hall–Kier alpha value is -1.54. The van der Waals surface area contributed by atoms with Gasteiger partial charge in [0.2, 0.25) is 0 Å². The number of rotatable bonds is 8. The number of para-hydroxylation sites is 1. The Morgan fingerprint density at radius 2 is 2.26 bits per heavy atom. The molecule has 1 aromatic carbocycles. The molecular formula is C19H28N2O2. The van der Waals surface area contributed by atoms with Gasteiger partial charge in [0.05, 0.1) is 12.7 Å². The SMILES string of the molecule is C#CCOc1ccccc1CNCC1CN(CC(C)C)CCO1. The van der Waals surface area contributed by atoms with Crippen LogP contribution in [0.25, 0.3) is 0 Å². The number of ether oxygens (including phenoxy) is 2. The number of nitrogens with zero attached hydrogens (tertiary/aromatic N) is 1. The Labute approximate surface area is 140 Å². The largest absolute Gasteiger partial charge is 0.481 e. The Morgan fingerprint density at radius 3 is 3.04 bits per heavy atom. The predicted molar refractivity (Wildman–Crippen MR) is 93.5 cm³/mol. The van der Waals surface area contributed by atoms with Gasteiger partial charge in [0.25, 0.3) is 0 Å². The fraction of sp³-hybridized carbons (Fsp3) is 0.579. The minimum atomic E-state index is 0.251. The highest BCUT2D eigenvalue weighted by Crippen LogP contribution is 2.17. The van der Waals surface area contributed by atoms with E-state index in [0.29, 0.717) is 12.5 Å². The molecule has 23 heavy (non-hydrogen) atoms. The highest BCUT2D eigenvalue weighted by atomic mass is 16.5. The Bertz CT molecular complexity index is 510. The summed E-state index contributed by atoms with van der Waals surface area (Å²) < 4.78 is 11.4. The summed E-state index contributed by atoms with van der Waals surface area (Å²) in [5.74, 6) is 4.05. The van der Waals surface area contributed by atoms with Crippen LogP contribution in [0, 0.1) is 18.3 Å².